The molecule has 0 radical (unpaired) electrons. The molecule has 1 aliphatic carbocycles. The number of amides is 1. The summed E-state index contributed by atoms with van der Waals surface area (Å²) < 4.78 is 10.3. The molecule has 2 rings (SSSR count). The molecule has 0 aliphatic heterocycles. The van der Waals surface area contributed by atoms with Crippen molar-refractivity contribution in [3.05, 3.63) is 48.2 Å². The van der Waals surface area contributed by atoms with Crippen molar-refractivity contribution < 1.29 is 14.3 Å². The maximum absolute atomic E-state index is 12.1. The summed E-state index contributed by atoms with van der Waals surface area (Å²) in [5, 5.41) is 0. The molecule has 0 unspecified atom stereocenters. The second-order valence-electron chi connectivity index (χ2n) is 6.27. The zero-order chi connectivity index (χ0) is 16.5. The van der Waals surface area contributed by atoms with Crippen molar-refractivity contribution in [2.24, 2.45) is 11.8 Å². The van der Waals surface area contributed by atoms with E-state index in [-0.39, 0.29) is 6.09 Å². The molecule has 0 saturated heterocycles. The maximum atomic E-state index is 12.1. The molecule has 0 aromatic heterocycles. The normalized spacial score (nSPS) is 21.1. The molecule has 1 amide bonds. The Labute approximate surface area is 139 Å². The van der Waals surface area contributed by atoms with Gasteiger partial charge in [-0.15, -0.1) is 0 Å². The first-order valence-corrected chi connectivity index (χ1v) is 8.30. The summed E-state index contributed by atoms with van der Waals surface area (Å²) in [6, 6.07) is 9.77. The minimum absolute atomic E-state index is 0.241. The summed E-state index contributed by atoms with van der Waals surface area (Å²) in [6.45, 7) is 1.10. The van der Waals surface area contributed by atoms with E-state index in [2.05, 4.69) is 6.08 Å². The highest BCUT2D eigenvalue weighted by molar-refractivity contribution is 5.67. The third-order valence-electron chi connectivity index (χ3n) is 4.43. The monoisotopic (exact) mass is 317 g/mol. The van der Waals surface area contributed by atoms with Crippen LogP contribution < -0.4 is 0 Å². The molecule has 0 bridgehead atoms. The molecule has 0 atom stereocenters. The van der Waals surface area contributed by atoms with Gasteiger partial charge in [-0.3, -0.25) is 0 Å². The second-order valence-corrected chi connectivity index (χ2v) is 6.27. The van der Waals surface area contributed by atoms with E-state index >= 15 is 0 Å². The maximum Gasteiger partial charge on any atom is 0.409 e. The first-order valence-electron chi connectivity index (χ1n) is 8.30. The van der Waals surface area contributed by atoms with Crippen molar-refractivity contribution in [3.8, 4) is 0 Å². The fraction of sp³-hybridized carbons (Fsp3) is 0.526. The highest BCUT2D eigenvalue weighted by atomic mass is 16.6. The van der Waals surface area contributed by atoms with Gasteiger partial charge in [-0.05, 0) is 49.2 Å². The van der Waals surface area contributed by atoms with Crippen LogP contribution in [0.3, 0.4) is 0 Å². The van der Waals surface area contributed by atoms with Crippen molar-refractivity contribution in [2.75, 3.05) is 20.7 Å². The van der Waals surface area contributed by atoms with E-state index in [0.717, 1.165) is 37.8 Å². The van der Waals surface area contributed by atoms with Gasteiger partial charge in [-0.25, -0.2) is 4.79 Å². The summed E-state index contributed by atoms with van der Waals surface area (Å²) >= 11 is 0. The molecule has 126 valence electrons. The van der Waals surface area contributed by atoms with E-state index in [1.807, 2.05) is 37.4 Å². The predicted octanol–water partition coefficient (Wildman–Crippen LogP) is 4.22. The smallest absolute Gasteiger partial charge is 0.409 e. The lowest BCUT2D eigenvalue weighted by Crippen LogP contribution is -2.33. The van der Waals surface area contributed by atoms with E-state index in [1.54, 1.807) is 18.3 Å². The van der Waals surface area contributed by atoms with E-state index in [9.17, 15) is 4.79 Å². The molecule has 4 nitrogen and oxygen atoms in total. The second kappa shape index (κ2) is 9.23. The van der Waals surface area contributed by atoms with Crippen LogP contribution in [0.1, 0.15) is 31.2 Å². The van der Waals surface area contributed by atoms with Crippen molar-refractivity contribution in [1.29, 1.82) is 0 Å². The Kier molecular flexibility index (Phi) is 6.98. The minimum atomic E-state index is -0.241. The lowest BCUT2D eigenvalue weighted by Gasteiger charge is -2.29. The van der Waals surface area contributed by atoms with Crippen molar-refractivity contribution in [2.45, 2.75) is 32.3 Å². The third-order valence-corrected chi connectivity index (χ3v) is 4.43. The van der Waals surface area contributed by atoms with E-state index in [4.69, 9.17) is 9.47 Å². The number of hydrogen-bond donors (Lipinski definition) is 0. The lowest BCUT2D eigenvalue weighted by molar-refractivity contribution is 0.0956. The van der Waals surface area contributed by atoms with Gasteiger partial charge in [-0.1, -0.05) is 30.3 Å². The Balaban J connectivity index is 1.69. The van der Waals surface area contributed by atoms with Gasteiger partial charge in [0.15, 0.2) is 0 Å². The van der Waals surface area contributed by atoms with Crippen LogP contribution in [0.5, 0.6) is 0 Å². The number of rotatable bonds is 6. The molecule has 0 heterocycles. The first kappa shape index (κ1) is 17.4. The van der Waals surface area contributed by atoms with E-state index < -0.39 is 0 Å². The average molecular weight is 317 g/mol. The van der Waals surface area contributed by atoms with Gasteiger partial charge >= 0.3 is 6.09 Å². The topological polar surface area (TPSA) is 38.8 Å². The zero-order valence-corrected chi connectivity index (χ0v) is 14.1. The van der Waals surface area contributed by atoms with Gasteiger partial charge in [0, 0.05) is 13.6 Å². The number of carbonyl (C=O) groups excluding carboxylic acids is 1. The van der Waals surface area contributed by atoms with Crippen molar-refractivity contribution in [3.63, 3.8) is 0 Å². The van der Waals surface area contributed by atoms with Crippen LogP contribution >= 0.6 is 0 Å². The van der Waals surface area contributed by atoms with Gasteiger partial charge in [0.05, 0.1) is 13.4 Å². The molecule has 0 N–H and O–H groups in total. The van der Waals surface area contributed by atoms with Gasteiger partial charge in [0.1, 0.15) is 6.61 Å². The molecule has 1 aliphatic rings. The SMILES string of the molecule is CO/C=C/C1CCC(CN(C)C(=O)OCc2ccccc2)CC1. The van der Waals surface area contributed by atoms with Crippen molar-refractivity contribution >= 4 is 6.09 Å². The molecule has 0 spiro atoms. The summed E-state index contributed by atoms with van der Waals surface area (Å²) in [5.41, 5.74) is 1.01. The van der Waals surface area contributed by atoms with Crippen LogP contribution in [0.25, 0.3) is 0 Å². The molecule has 1 aromatic rings. The molecule has 4 heteroatoms. The first-order chi connectivity index (χ1) is 11.2. The van der Waals surface area contributed by atoms with Gasteiger partial charge < -0.3 is 14.4 Å². The van der Waals surface area contributed by atoms with E-state index in [1.165, 1.54) is 0 Å². The van der Waals surface area contributed by atoms with Gasteiger partial charge in [0.25, 0.3) is 0 Å². The Hall–Kier alpha value is -1.97. The van der Waals surface area contributed by atoms with Crippen LogP contribution in [0.2, 0.25) is 0 Å². The highest BCUT2D eigenvalue weighted by Gasteiger charge is 2.22. The van der Waals surface area contributed by atoms with Crippen LogP contribution in [0.15, 0.2) is 42.7 Å². The number of nitrogens with zero attached hydrogens (tertiary/aromatic N) is 1. The van der Waals surface area contributed by atoms with Crippen LogP contribution in [-0.4, -0.2) is 31.7 Å². The summed E-state index contributed by atoms with van der Waals surface area (Å²) in [7, 11) is 3.50. The number of benzene rings is 1. The Morgan fingerprint density at radius 2 is 1.91 bits per heavy atom. The Morgan fingerprint density at radius 3 is 2.57 bits per heavy atom. The fourth-order valence-corrected chi connectivity index (χ4v) is 3.04. The number of allylic oxidation sites excluding steroid dienone is 1. The Morgan fingerprint density at radius 1 is 1.22 bits per heavy atom. The molecule has 1 fully saturated rings. The number of carbonyl (C=O) groups is 1. The van der Waals surface area contributed by atoms with E-state index in [0.29, 0.717) is 18.4 Å². The third kappa shape index (κ3) is 5.97. The number of hydrogen-bond acceptors (Lipinski definition) is 3. The molecule has 23 heavy (non-hydrogen) atoms. The average Bonchev–Trinajstić information content (AvgIpc) is 2.60. The summed E-state index contributed by atoms with van der Waals surface area (Å²) in [5.74, 6) is 1.18. The zero-order valence-electron chi connectivity index (χ0n) is 14.1. The largest absolute Gasteiger partial charge is 0.505 e. The van der Waals surface area contributed by atoms with Gasteiger partial charge in [0.2, 0.25) is 0 Å². The van der Waals surface area contributed by atoms with Crippen molar-refractivity contribution in [1.82, 2.24) is 4.90 Å². The van der Waals surface area contributed by atoms with Crippen LogP contribution in [-0.2, 0) is 16.1 Å². The molecule has 1 saturated carbocycles. The molecule has 1 aromatic carbocycles. The summed E-state index contributed by atoms with van der Waals surface area (Å²) in [4.78, 5) is 13.8. The van der Waals surface area contributed by atoms with Crippen LogP contribution in [0, 0.1) is 11.8 Å². The highest BCUT2D eigenvalue weighted by Crippen LogP contribution is 2.30. The summed E-state index contributed by atoms with van der Waals surface area (Å²) in [6.07, 6.45) is 8.31. The lowest BCUT2D eigenvalue weighted by atomic mass is 9.82. The minimum Gasteiger partial charge on any atom is -0.505 e. The standard InChI is InChI=1S/C19H27NO3/c1-20(19(21)23-15-18-6-4-3-5-7-18)14-17-10-8-16(9-11-17)12-13-22-2/h3-7,12-13,16-17H,8-11,14-15H2,1-2H3/b13-12+. The molecular weight excluding hydrogens is 290 g/mol. The number of methoxy groups -OCH3 is 1. The number of ether oxygens (including phenoxy) is 2. The fourth-order valence-electron chi connectivity index (χ4n) is 3.04. The quantitative estimate of drug-likeness (QED) is 0.737. The van der Waals surface area contributed by atoms with Gasteiger partial charge in [-0.2, -0.15) is 0 Å². The van der Waals surface area contributed by atoms with Crippen LogP contribution in [0.4, 0.5) is 4.79 Å². The Bertz CT molecular complexity index is 493. The molecular formula is C19H27NO3. The predicted molar refractivity (Wildman–Crippen MR) is 90.9 cm³/mol.